The number of H-pyrrole nitrogens is 1. The lowest BCUT2D eigenvalue weighted by atomic mass is 10.1. The van der Waals surface area contributed by atoms with Crippen LogP contribution in [0.3, 0.4) is 0 Å². The van der Waals surface area contributed by atoms with Crippen LogP contribution in [0, 0.1) is 5.82 Å². The number of carbonyl (C=O) groups is 1. The lowest BCUT2D eigenvalue weighted by Gasteiger charge is -2.13. The minimum Gasteiger partial charge on any atom is -0.387 e. The Balaban J connectivity index is 1.66. The molecule has 5 nitrogen and oxygen atoms in total. The number of carbonyl (C=O) groups excluding carboxylic acids is 1. The van der Waals surface area contributed by atoms with Gasteiger partial charge in [0.15, 0.2) is 0 Å². The lowest BCUT2D eigenvalue weighted by Crippen LogP contribution is -2.28. The zero-order valence-corrected chi connectivity index (χ0v) is 12.6. The molecule has 118 valence electrons. The number of fused-ring (bicyclic) bond motifs is 1. The van der Waals surface area contributed by atoms with Gasteiger partial charge in [-0.25, -0.2) is 9.37 Å². The molecule has 1 unspecified atom stereocenters. The van der Waals surface area contributed by atoms with Crippen LogP contribution in [0.4, 0.5) is 4.39 Å². The van der Waals surface area contributed by atoms with Crippen LogP contribution in [-0.4, -0.2) is 27.5 Å². The first-order chi connectivity index (χ1) is 11.0. The number of aliphatic hydroxyl groups is 1. The standard InChI is InChI=1S/C16H13ClFN3O2/c17-11-3-1-9(5-12(11)18)15(22)7-19-16(23)10-2-4-13-14(6-10)21-8-20-13/h1-6,8,15,22H,7H2,(H,19,23)(H,20,21). The van der Waals surface area contributed by atoms with E-state index in [1.165, 1.54) is 12.1 Å². The van der Waals surface area contributed by atoms with Crippen LogP contribution in [0.25, 0.3) is 11.0 Å². The van der Waals surface area contributed by atoms with Gasteiger partial charge in [0.25, 0.3) is 5.91 Å². The Morgan fingerprint density at radius 3 is 2.96 bits per heavy atom. The van der Waals surface area contributed by atoms with Gasteiger partial charge in [0.05, 0.1) is 28.5 Å². The van der Waals surface area contributed by atoms with Gasteiger partial charge in [-0.2, -0.15) is 0 Å². The third-order valence-corrected chi connectivity index (χ3v) is 3.77. The van der Waals surface area contributed by atoms with Crippen molar-refractivity contribution < 1.29 is 14.3 Å². The summed E-state index contributed by atoms with van der Waals surface area (Å²) in [5.41, 5.74) is 2.30. The fourth-order valence-corrected chi connectivity index (χ4v) is 2.32. The van der Waals surface area contributed by atoms with E-state index >= 15 is 0 Å². The molecule has 7 heteroatoms. The van der Waals surface area contributed by atoms with E-state index < -0.39 is 11.9 Å². The molecule has 3 N–H and O–H groups in total. The fourth-order valence-electron chi connectivity index (χ4n) is 2.21. The van der Waals surface area contributed by atoms with Crippen molar-refractivity contribution >= 4 is 28.5 Å². The Morgan fingerprint density at radius 1 is 1.35 bits per heavy atom. The second-order valence-corrected chi connectivity index (χ2v) is 5.44. The number of rotatable bonds is 4. The SMILES string of the molecule is O=C(NCC(O)c1ccc(Cl)c(F)c1)c1ccc2nc[nH]c2c1. The summed E-state index contributed by atoms with van der Waals surface area (Å²) in [6.07, 6.45) is 0.521. The molecule has 0 saturated heterocycles. The van der Waals surface area contributed by atoms with E-state index in [0.717, 1.165) is 17.1 Å². The van der Waals surface area contributed by atoms with E-state index in [4.69, 9.17) is 11.6 Å². The maximum absolute atomic E-state index is 13.4. The molecule has 0 aliphatic rings. The summed E-state index contributed by atoms with van der Waals surface area (Å²) in [6.45, 7) is -0.0408. The summed E-state index contributed by atoms with van der Waals surface area (Å²) in [4.78, 5) is 19.1. The van der Waals surface area contributed by atoms with Crippen molar-refractivity contribution in [1.82, 2.24) is 15.3 Å². The Morgan fingerprint density at radius 2 is 2.17 bits per heavy atom. The number of nitrogens with zero attached hydrogens (tertiary/aromatic N) is 1. The summed E-state index contributed by atoms with van der Waals surface area (Å²) >= 11 is 5.60. The van der Waals surface area contributed by atoms with Gasteiger partial charge in [-0.15, -0.1) is 0 Å². The van der Waals surface area contributed by atoms with Crippen LogP contribution >= 0.6 is 11.6 Å². The van der Waals surface area contributed by atoms with Gasteiger partial charge in [-0.05, 0) is 35.9 Å². The number of aromatic amines is 1. The van der Waals surface area contributed by atoms with Crippen molar-refractivity contribution in [2.24, 2.45) is 0 Å². The van der Waals surface area contributed by atoms with Gasteiger partial charge in [-0.3, -0.25) is 4.79 Å². The summed E-state index contributed by atoms with van der Waals surface area (Å²) < 4.78 is 13.4. The van der Waals surface area contributed by atoms with E-state index in [1.54, 1.807) is 24.5 Å². The molecule has 1 atom stereocenters. The number of nitrogens with one attached hydrogen (secondary N) is 2. The second-order valence-electron chi connectivity index (χ2n) is 5.03. The minimum absolute atomic E-state index is 0.0159. The number of hydrogen-bond acceptors (Lipinski definition) is 3. The first kappa shape index (κ1) is 15.5. The van der Waals surface area contributed by atoms with Crippen LogP contribution < -0.4 is 5.32 Å². The largest absolute Gasteiger partial charge is 0.387 e. The maximum atomic E-state index is 13.4. The summed E-state index contributed by atoms with van der Waals surface area (Å²) in [5, 5.41) is 12.6. The predicted octanol–water partition coefficient (Wildman–Crippen LogP) is 2.82. The lowest BCUT2D eigenvalue weighted by molar-refractivity contribution is 0.0916. The van der Waals surface area contributed by atoms with Gasteiger partial charge in [0, 0.05) is 12.1 Å². The molecule has 3 aromatic rings. The zero-order valence-electron chi connectivity index (χ0n) is 11.9. The highest BCUT2D eigenvalue weighted by atomic mass is 35.5. The van der Waals surface area contributed by atoms with Gasteiger partial charge in [0.2, 0.25) is 0 Å². The average molecular weight is 334 g/mol. The quantitative estimate of drug-likeness (QED) is 0.687. The molecule has 0 radical (unpaired) electrons. The highest BCUT2D eigenvalue weighted by molar-refractivity contribution is 6.30. The first-order valence-corrected chi connectivity index (χ1v) is 7.27. The van der Waals surface area contributed by atoms with Gasteiger partial charge in [-0.1, -0.05) is 17.7 Å². The molecular weight excluding hydrogens is 321 g/mol. The molecule has 0 saturated carbocycles. The number of halogens is 2. The smallest absolute Gasteiger partial charge is 0.251 e. The van der Waals surface area contributed by atoms with Gasteiger partial charge >= 0.3 is 0 Å². The highest BCUT2D eigenvalue weighted by Crippen LogP contribution is 2.20. The molecule has 0 aliphatic carbocycles. The van der Waals surface area contributed by atoms with Crippen LogP contribution in [-0.2, 0) is 0 Å². The van der Waals surface area contributed by atoms with E-state index in [-0.39, 0.29) is 17.5 Å². The molecule has 3 rings (SSSR count). The van der Waals surface area contributed by atoms with Crippen molar-refractivity contribution in [1.29, 1.82) is 0 Å². The summed E-state index contributed by atoms with van der Waals surface area (Å²) in [6, 6.07) is 9.07. The van der Waals surface area contributed by atoms with Crippen molar-refractivity contribution in [2.45, 2.75) is 6.10 Å². The fraction of sp³-hybridized carbons (Fsp3) is 0.125. The van der Waals surface area contributed by atoms with Gasteiger partial charge < -0.3 is 15.4 Å². The van der Waals surface area contributed by atoms with E-state index in [1.807, 2.05) is 0 Å². The number of amides is 1. The van der Waals surface area contributed by atoms with E-state index in [0.29, 0.717) is 11.1 Å². The predicted molar refractivity (Wildman–Crippen MR) is 84.8 cm³/mol. The Hall–Kier alpha value is -2.44. The molecule has 2 aromatic carbocycles. The molecular formula is C16H13ClFN3O2. The normalized spacial score (nSPS) is 12.3. The number of hydrogen-bond donors (Lipinski definition) is 3. The van der Waals surface area contributed by atoms with Crippen LogP contribution in [0.1, 0.15) is 22.0 Å². The highest BCUT2D eigenvalue weighted by Gasteiger charge is 2.13. The Bertz CT molecular complexity index is 865. The number of benzene rings is 2. The van der Waals surface area contributed by atoms with Crippen molar-refractivity contribution in [3.63, 3.8) is 0 Å². The van der Waals surface area contributed by atoms with Crippen molar-refractivity contribution in [3.05, 3.63) is 64.7 Å². The number of aliphatic hydroxyl groups excluding tert-OH is 1. The molecule has 1 amide bonds. The molecule has 1 heterocycles. The summed E-state index contributed by atoms with van der Waals surface area (Å²) in [7, 11) is 0. The average Bonchev–Trinajstić information content (AvgIpc) is 3.02. The Kier molecular flexibility index (Phi) is 4.27. The number of imidazole rings is 1. The molecule has 1 aromatic heterocycles. The van der Waals surface area contributed by atoms with Crippen LogP contribution in [0.5, 0.6) is 0 Å². The van der Waals surface area contributed by atoms with Crippen LogP contribution in [0.2, 0.25) is 5.02 Å². The Labute approximate surface area is 136 Å². The second kappa shape index (κ2) is 6.36. The van der Waals surface area contributed by atoms with E-state index in [2.05, 4.69) is 15.3 Å². The summed E-state index contributed by atoms with van der Waals surface area (Å²) in [5.74, 6) is -0.950. The molecule has 0 spiro atoms. The van der Waals surface area contributed by atoms with Crippen LogP contribution in [0.15, 0.2) is 42.7 Å². The number of aromatic nitrogens is 2. The topological polar surface area (TPSA) is 78.0 Å². The third kappa shape index (κ3) is 3.33. The maximum Gasteiger partial charge on any atom is 0.251 e. The van der Waals surface area contributed by atoms with Crippen molar-refractivity contribution in [3.8, 4) is 0 Å². The molecule has 0 bridgehead atoms. The third-order valence-electron chi connectivity index (χ3n) is 3.47. The molecule has 23 heavy (non-hydrogen) atoms. The monoisotopic (exact) mass is 333 g/mol. The van der Waals surface area contributed by atoms with Gasteiger partial charge in [0.1, 0.15) is 5.82 Å². The van der Waals surface area contributed by atoms with E-state index in [9.17, 15) is 14.3 Å². The molecule has 0 fully saturated rings. The first-order valence-electron chi connectivity index (χ1n) is 6.89. The molecule has 0 aliphatic heterocycles. The van der Waals surface area contributed by atoms with Crippen molar-refractivity contribution in [2.75, 3.05) is 6.54 Å². The minimum atomic E-state index is -1.03. The zero-order chi connectivity index (χ0) is 16.4.